The minimum absolute atomic E-state index is 0.166. The number of nitrogens with zero attached hydrogens (tertiary/aromatic N) is 4. The van der Waals surface area contributed by atoms with Crippen LogP contribution in [0.4, 0.5) is 5.69 Å². The van der Waals surface area contributed by atoms with Gasteiger partial charge in [0.15, 0.2) is 0 Å². The van der Waals surface area contributed by atoms with Crippen LogP contribution in [0.1, 0.15) is 11.6 Å². The van der Waals surface area contributed by atoms with Gasteiger partial charge < -0.3 is 4.42 Å². The zero-order chi connectivity index (χ0) is 20.5. The van der Waals surface area contributed by atoms with Crippen molar-refractivity contribution in [1.29, 1.82) is 0 Å². The summed E-state index contributed by atoms with van der Waals surface area (Å²) < 4.78 is 6.83. The van der Waals surface area contributed by atoms with Crippen LogP contribution < -0.4 is 5.56 Å². The fraction of sp³-hybridized carbons (Fsp3) is 0.0500. The summed E-state index contributed by atoms with van der Waals surface area (Å²) >= 11 is 5.85. The number of benzene rings is 2. The molecule has 29 heavy (non-hydrogen) atoms. The Morgan fingerprint density at radius 1 is 1.21 bits per heavy atom. The molecule has 4 aromatic rings. The normalized spacial score (nSPS) is 11.4. The average Bonchev–Trinajstić information content (AvgIpc) is 3.16. The lowest BCUT2D eigenvalue weighted by Gasteiger charge is -2.04. The molecule has 2 aromatic heterocycles. The molecule has 4 rings (SSSR count). The van der Waals surface area contributed by atoms with Gasteiger partial charge in [-0.1, -0.05) is 23.7 Å². The zero-order valence-corrected chi connectivity index (χ0v) is 15.8. The molecule has 144 valence electrons. The summed E-state index contributed by atoms with van der Waals surface area (Å²) in [5.41, 5.74) is 0.419. The fourth-order valence-electron chi connectivity index (χ4n) is 2.92. The number of rotatable bonds is 4. The monoisotopic (exact) mass is 408 g/mol. The Kier molecular flexibility index (Phi) is 4.69. The van der Waals surface area contributed by atoms with E-state index in [1.54, 1.807) is 43.3 Å². The average molecular weight is 409 g/mol. The van der Waals surface area contributed by atoms with Crippen LogP contribution >= 0.6 is 11.6 Å². The largest absolute Gasteiger partial charge is 0.455 e. The molecule has 2 heterocycles. The van der Waals surface area contributed by atoms with Gasteiger partial charge in [0, 0.05) is 11.1 Å². The molecule has 9 heteroatoms. The molecule has 0 radical (unpaired) electrons. The Bertz CT molecular complexity index is 1340. The molecule has 0 aliphatic carbocycles. The lowest BCUT2D eigenvalue weighted by atomic mass is 10.1. The van der Waals surface area contributed by atoms with Crippen molar-refractivity contribution in [1.82, 2.24) is 9.66 Å². The smallest absolute Gasteiger partial charge is 0.282 e. The van der Waals surface area contributed by atoms with Crippen molar-refractivity contribution < 1.29 is 9.34 Å². The van der Waals surface area contributed by atoms with Crippen LogP contribution in [0.3, 0.4) is 0 Å². The zero-order valence-electron chi connectivity index (χ0n) is 15.1. The van der Waals surface area contributed by atoms with Gasteiger partial charge >= 0.3 is 0 Å². The molecule has 0 saturated carbocycles. The molecular formula is C20H13ClN4O4. The fourth-order valence-corrected chi connectivity index (χ4v) is 3.08. The van der Waals surface area contributed by atoms with Crippen molar-refractivity contribution >= 4 is 34.4 Å². The molecule has 0 saturated heterocycles. The van der Waals surface area contributed by atoms with Crippen molar-refractivity contribution in [2.75, 3.05) is 0 Å². The first-order chi connectivity index (χ1) is 13.9. The quantitative estimate of drug-likeness (QED) is 0.282. The number of nitro groups is 1. The number of nitro benzene ring substituents is 1. The van der Waals surface area contributed by atoms with E-state index < -0.39 is 4.92 Å². The Labute approximate surface area is 168 Å². The van der Waals surface area contributed by atoms with E-state index in [4.69, 9.17) is 16.0 Å². The minimum Gasteiger partial charge on any atom is -0.455 e. The first-order valence-electron chi connectivity index (χ1n) is 8.51. The number of para-hydroxylation sites is 1. The van der Waals surface area contributed by atoms with Gasteiger partial charge in [-0.3, -0.25) is 14.9 Å². The van der Waals surface area contributed by atoms with E-state index in [-0.39, 0.29) is 22.0 Å². The standard InChI is InChI=1S/C20H13ClN4O4/c1-12-23-17-5-3-2-4-15(17)20(26)24(12)22-11-14-7-9-19(29-14)16-8-6-13(21)10-18(16)25(27)28/h2-11H,1H3/b22-11-. The van der Waals surface area contributed by atoms with E-state index in [1.807, 2.05) is 6.07 Å². The summed E-state index contributed by atoms with van der Waals surface area (Å²) in [7, 11) is 0. The maximum Gasteiger partial charge on any atom is 0.282 e. The molecule has 0 fully saturated rings. The summed E-state index contributed by atoms with van der Waals surface area (Å²) in [4.78, 5) is 27.8. The van der Waals surface area contributed by atoms with E-state index in [0.29, 0.717) is 28.1 Å². The SMILES string of the molecule is Cc1nc2ccccc2c(=O)n1/N=C\c1ccc(-c2ccc(Cl)cc2[N+](=O)[O-])o1. The minimum atomic E-state index is -0.527. The molecule has 0 bridgehead atoms. The van der Waals surface area contributed by atoms with Crippen LogP contribution in [0.5, 0.6) is 0 Å². The van der Waals surface area contributed by atoms with Crippen LogP contribution in [0.15, 0.2) is 68.9 Å². The molecule has 2 aromatic carbocycles. The molecule has 0 unspecified atom stereocenters. The van der Waals surface area contributed by atoms with Gasteiger partial charge in [-0.2, -0.15) is 9.78 Å². The molecule has 0 atom stereocenters. The Morgan fingerprint density at radius 3 is 2.79 bits per heavy atom. The van der Waals surface area contributed by atoms with Crippen molar-refractivity contribution in [2.24, 2.45) is 5.10 Å². The van der Waals surface area contributed by atoms with E-state index in [0.717, 1.165) is 0 Å². The van der Waals surface area contributed by atoms with Crippen molar-refractivity contribution in [3.8, 4) is 11.3 Å². The maximum atomic E-state index is 12.6. The van der Waals surface area contributed by atoms with Crippen LogP contribution in [-0.4, -0.2) is 20.8 Å². The van der Waals surface area contributed by atoms with Gasteiger partial charge in [-0.15, -0.1) is 0 Å². The van der Waals surface area contributed by atoms with Gasteiger partial charge in [-0.05, 0) is 43.3 Å². The molecule has 0 N–H and O–H groups in total. The number of fused-ring (bicyclic) bond motifs is 1. The van der Waals surface area contributed by atoms with Crippen molar-refractivity contribution in [3.63, 3.8) is 0 Å². The van der Waals surface area contributed by atoms with Crippen molar-refractivity contribution in [2.45, 2.75) is 6.92 Å². The third-order valence-electron chi connectivity index (χ3n) is 4.26. The third kappa shape index (κ3) is 3.53. The van der Waals surface area contributed by atoms with Gasteiger partial charge in [0.1, 0.15) is 17.3 Å². The number of aromatic nitrogens is 2. The van der Waals surface area contributed by atoms with Gasteiger partial charge in [0.25, 0.3) is 11.2 Å². The van der Waals surface area contributed by atoms with Crippen LogP contribution in [0.2, 0.25) is 5.02 Å². The molecule has 0 amide bonds. The summed E-state index contributed by atoms with van der Waals surface area (Å²) in [6, 6.07) is 14.5. The summed E-state index contributed by atoms with van der Waals surface area (Å²) in [5.74, 6) is 1.03. The number of hydrogen-bond acceptors (Lipinski definition) is 6. The van der Waals surface area contributed by atoms with E-state index >= 15 is 0 Å². The van der Waals surface area contributed by atoms with Gasteiger partial charge in [0.2, 0.25) is 0 Å². The molecule has 8 nitrogen and oxygen atoms in total. The predicted octanol–water partition coefficient (Wildman–Crippen LogP) is 4.41. The molecule has 0 aliphatic heterocycles. The molecule has 0 aliphatic rings. The highest BCUT2D eigenvalue weighted by Crippen LogP contribution is 2.33. The van der Waals surface area contributed by atoms with Gasteiger partial charge in [-0.25, -0.2) is 4.98 Å². The highest BCUT2D eigenvalue weighted by atomic mass is 35.5. The van der Waals surface area contributed by atoms with Crippen LogP contribution in [-0.2, 0) is 0 Å². The van der Waals surface area contributed by atoms with Crippen LogP contribution in [0.25, 0.3) is 22.2 Å². The number of hydrogen-bond donors (Lipinski definition) is 0. The lowest BCUT2D eigenvalue weighted by molar-refractivity contribution is -0.384. The summed E-state index contributed by atoms with van der Waals surface area (Å²) in [6.45, 7) is 1.68. The first kappa shape index (κ1) is 18.6. The second-order valence-electron chi connectivity index (χ2n) is 6.16. The van der Waals surface area contributed by atoms with Crippen LogP contribution in [0, 0.1) is 17.0 Å². The number of furan rings is 1. The molecular weight excluding hydrogens is 396 g/mol. The molecule has 0 spiro atoms. The van der Waals surface area contributed by atoms with E-state index in [2.05, 4.69) is 10.1 Å². The number of aryl methyl sites for hydroxylation is 1. The second-order valence-corrected chi connectivity index (χ2v) is 6.59. The topological polar surface area (TPSA) is 104 Å². The Morgan fingerprint density at radius 2 is 2.00 bits per heavy atom. The van der Waals surface area contributed by atoms with E-state index in [1.165, 1.54) is 23.0 Å². The number of halogens is 1. The Balaban J connectivity index is 1.71. The third-order valence-corrected chi connectivity index (χ3v) is 4.50. The summed E-state index contributed by atoms with van der Waals surface area (Å²) in [5, 5.41) is 16.2. The second kappa shape index (κ2) is 7.33. The predicted molar refractivity (Wildman–Crippen MR) is 110 cm³/mol. The maximum absolute atomic E-state index is 12.6. The van der Waals surface area contributed by atoms with Crippen molar-refractivity contribution in [3.05, 3.63) is 91.7 Å². The lowest BCUT2D eigenvalue weighted by Crippen LogP contribution is -2.20. The highest BCUT2D eigenvalue weighted by Gasteiger charge is 2.18. The first-order valence-corrected chi connectivity index (χ1v) is 8.89. The van der Waals surface area contributed by atoms with E-state index in [9.17, 15) is 14.9 Å². The Hall–Kier alpha value is -3.78. The van der Waals surface area contributed by atoms with Gasteiger partial charge in [0.05, 0.1) is 27.6 Å². The highest BCUT2D eigenvalue weighted by molar-refractivity contribution is 6.30. The summed E-state index contributed by atoms with van der Waals surface area (Å²) in [6.07, 6.45) is 1.36.